The summed E-state index contributed by atoms with van der Waals surface area (Å²) in [5.74, 6) is 1.24. The maximum atomic E-state index is 5.87. The molecule has 0 amide bonds. The van der Waals surface area contributed by atoms with Crippen molar-refractivity contribution in [2.24, 2.45) is 10.8 Å². The average Bonchev–Trinajstić information content (AvgIpc) is 2.54. The number of ether oxygens (including phenoxy) is 2. The molecule has 0 heterocycles. The highest BCUT2D eigenvalue weighted by atomic mass is 79.9. The van der Waals surface area contributed by atoms with Crippen molar-refractivity contribution in [3.05, 3.63) is 58.1 Å². The van der Waals surface area contributed by atoms with Gasteiger partial charge in [0, 0.05) is 0 Å². The van der Waals surface area contributed by atoms with Crippen molar-refractivity contribution in [1.29, 1.82) is 0 Å². The number of hydrogen-bond acceptors (Lipinski definition) is 4. The Morgan fingerprint density at radius 3 is 2.74 bits per heavy atom. The fourth-order valence-electron chi connectivity index (χ4n) is 1.85. The molecule has 0 atom stereocenters. The Morgan fingerprint density at radius 1 is 1.35 bits per heavy atom. The van der Waals surface area contributed by atoms with Gasteiger partial charge in [0.15, 0.2) is 16.6 Å². The number of methoxy groups -OCH3 is 1. The van der Waals surface area contributed by atoms with Crippen LogP contribution in [0.4, 0.5) is 0 Å². The predicted octanol–water partition coefficient (Wildman–Crippen LogP) is 3.20. The van der Waals surface area contributed by atoms with Crippen molar-refractivity contribution in [3.63, 3.8) is 0 Å². The smallest absolute Gasteiger partial charge is 0.184 e. The van der Waals surface area contributed by atoms with Crippen LogP contribution in [0.5, 0.6) is 11.5 Å². The number of hydrogen-bond donors (Lipinski definition) is 2. The van der Waals surface area contributed by atoms with Gasteiger partial charge < -0.3 is 15.2 Å². The fourth-order valence-corrected chi connectivity index (χ4v) is 2.48. The minimum absolute atomic E-state index is 0.107. The van der Waals surface area contributed by atoms with Gasteiger partial charge in [0.05, 0.1) is 17.8 Å². The van der Waals surface area contributed by atoms with Gasteiger partial charge >= 0.3 is 0 Å². The SMILES string of the molecule is COc1cc(/C=N\NC(N)=S)cc(Br)c1OCc1ccccc1. The molecule has 23 heavy (non-hydrogen) atoms. The lowest BCUT2D eigenvalue weighted by Gasteiger charge is -2.13. The summed E-state index contributed by atoms with van der Waals surface area (Å²) in [7, 11) is 1.59. The van der Waals surface area contributed by atoms with Crippen LogP contribution in [-0.2, 0) is 6.61 Å². The van der Waals surface area contributed by atoms with Gasteiger partial charge in [-0.1, -0.05) is 30.3 Å². The Labute approximate surface area is 148 Å². The number of nitrogens with one attached hydrogen (secondary N) is 1. The van der Waals surface area contributed by atoms with Crippen LogP contribution in [-0.4, -0.2) is 18.4 Å². The zero-order valence-electron chi connectivity index (χ0n) is 12.5. The first-order chi connectivity index (χ1) is 11.1. The van der Waals surface area contributed by atoms with Crippen LogP contribution in [0.1, 0.15) is 11.1 Å². The largest absolute Gasteiger partial charge is 0.493 e. The van der Waals surface area contributed by atoms with Crippen LogP contribution in [0, 0.1) is 0 Å². The van der Waals surface area contributed by atoms with Crippen LogP contribution in [0.3, 0.4) is 0 Å². The van der Waals surface area contributed by atoms with E-state index >= 15 is 0 Å². The first-order valence-corrected chi connectivity index (χ1v) is 7.93. The quantitative estimate of drug-likeness (QED) is 0.448. The second-order valence-corrected chi connectivity index (χ2v) is 5.84. The monoisotopic (exact) mass is 393 g/mol. The molecule has 0 radical (unpaired) electrons. The van der Waals surface area contributed by atoms with Crippen molar-refractivity contribution in [3.8, 4) is 11.5 Å². The molecular formula is C16H16BrN3O2S. The van der Waals surface area contributed by atoms with Gasteiger partial charge in [0.2, 0.25) is 0 Å². The van der Waals surface area contributed by atoms with Gasteiger partial charge in [-0.2, -0.15) is 5.10 Å². The molecule has 7 heteroatoms. The maximum Gasteiger partial charge on any atom is 0.184 e. The van der Waals surface area contributed by atoms with E-state index < -0.39 is 0 Å². The van der Waals surface area contributed by atoms with Gasteiger partial charge in [-0.05, 0) is 51.4 Å². The number of hydrazone groups is 1. The van der Waals surface area contributed by atoms with Crippen molar-refractivity contribution >= 4 is 39.5 Å². The zero-order valence-corrected chi connectivity index (χ0v) is 14.9. The molecule has 0 aromatic heterocycles. The molecule has 0 aliphatic heterocycles. The minimum atomic E-state index is 0.107. The Balaban J connectivity index is 2.16. The number of nitrogens with zero attached hydrogens (tertiary/aromatic N) is 1. The molecule has 0 saturated heterocycles. The zero-order chi connectivity index (χ0) is 16.7. The summed E-state index contributed by atoms with van der Waals surface area (Å²) >= 11 is 8.18. The number of benzene rings is 2. The van der Waals surface area contributed by atoms with E-state index in [1.165, 1.54) is 0 Å². The van der Waals surface area contributed by atoms with Gasteiger partial charge in [-0.15, -0.1) is 0 Å². The van der Waals surface area contributed by atoms with Crippen LogP contribution < -0.4 is 20.6 Å². The fraction of sp³-hybridized carbons (Fsp3) is 0.125. The molecule has 0 fully saturated rings. The molecule has 2 rings (SSSR count). The van der Waals surface area contributed by atoms with Crippen LogP contribution in [0.2, 0.25) is 0 Å². The van der Waals surface area contributed by atoms with E-state index in [0.717, 1.165) is 15.6 Å². The first kappa shape index (κ1) is 17.2. The van der Waals surface area contributed by atoms with E-state index in [4.69, 9.17) is 15.2 Å². The topological polar surface area (TPSA) is 68.9 Å². The summed E-state index contributed by atoms with van der Waals surface area (Å²) in [4.78, 5) is 0. The Kier molecular flexibility index (Phi) is 6.37. The Hall–Kier alpha value is -2.12. The molecule has 0 saturated carbocycles. The minimum Gasteiger partial charge on any atom is -0.493 e. The maximum absolute atomic E-state index is 5.87. The highest BCUT2D eigenvalue weighted by Gasteiger charge is 2.11. The summed E-state index contributed by atoms with van der Waals surface area (Å²) in [6.45, 7) is 0.451. The third kappa shape index (κ3) is 5.22. The molecule has 0 aliphatic carbocycles. The number of halogens is 1. The van der Waals surface area contributed by atoms with E-state index in [9.17, 15) is 0 Å². The number of rotatable bonds is 6. The molecule has 120 valence electrons. The summed E-state index contributed by atoms with van der Waals surface area (Å²) < 4.78 is 12.0. The summed E-state index contributed by atoms with van der Waals surface area (Å²) in [6.07, 6.45) is 1.59. The van der Waals surface area contributed by atoms with Gasteiger partial charge in [-0.3, -0.25) is 5.43 Å². The molecular weight excluding hydrogens is 378 g/mol. The van der Waals surface area contributed by atoms with Crippen LogP contribution >= 0.6 is 28.1 Å². The molecule has 0 aliphatic rings. The molecule has 3 N–H and O–H groups in total. The van der Waals surface area contributed by atoms with Crippen LogP contribution in [0.25, 0.3) is 0 Å². The third-order valence-electron chi connectivity index (χ3n) is 2.87. The summed E-state index contributed by atoms with van der Waals surface area (Å²) in [5.41, 5.74) is 9.70. The first-order valence-electron chi connectivity index (χ1n) is 6.73. The molecule has 0 unspecified atom stereocenters. The van der Waals surface area contributed by atoms with E-state index in [-0.39, 0.29) is 5.11 Å². The molecule has 0 bridgehead atoms. The standard InChI is InChI=1S/C16H16BrN3O2S/c1-21-14-8-12(9-19-20-16(18)23)7-13(17)15(14)22-10-11-5-3-2-4-6-11/h2-9H,10H2,1H3,(H3,18,20,23)/b19-9-. The van der Waals surface area contributed by atoms with E-state index in [1.54, 1.807) is 13.3 Å². The Bertz CT molecular complexity index is 708. The second kappa shape index (κ2) is 8.50. The molecule has 0 spiro atoms. The van der Waals surface area contributed by atoms with Crippen molar-refractivity contribution in [2.75, 3.05) is 7.11 Å². The van der Waals surface area contributed by atoms with E-state index in [0.29, 0.717) is 18.1 Å². The van der Waals surface area contributed by atoms with Crippen molar-refractivity contribution in [1.82, 2.24) is 5.43 Å². The number of nitrogens with two attached hydrogens (primary N) is 1. The van der Waals surface area contributed by atoms with Crippen LogP contribution in [0.15, 0.2) is 52.0 Å². The normalized spacial score (nSPS) is 10.5. The predicted molar refractivity (Wildman–Crippen MR) is 99.0 cm³/mol. The van der Waals surface area contributed by atoms with E-state index in [2.05, 4.69) is 38.7 Å². The van der Waals surface area contributed by atoms with Gasteiger partial charge in [0.25, 0.3) is 0 Å². The molecule has 5 nitrogen and oxygen atoms in total. The highest BCUT2D eigenvalue weighted by Crippen LogP contribution is 2.36. The Morgan fingerprint density at radius 2 is 2.09 bits per heavy atom. The van der Waals surface area contributed by atoms with E-state index in [1.807, 2.05) is 42.5 Å². The highest BCUT2D eigenvalue weighted by molar-refractivity contribution is 9.10. The number of thiocarbonyl (C=S) groups is 1. The lowest BCUT2D eigenvalue weighted by molar-refractivity contribution is 0.282. The van der Waals surface area contributed by atoms with Gasteiger partial charge in [-0.25, -0.2) is 0 Å². The summed E-state index contributed by atoms with van der Waals surface area (Å²) in [6, 6.07) is 13.6. The lowest BCUT2D eigenvalue weighted by atomic mass is 10.2. The lowest BCUT2D eigenvalue weighted by Crippen LogP contribution is -2.23. The third-order valence-corrected chi connectivity index (χ3v) is 3.55. The summed E-state index contributed by atoms with van der Waals surface area (Å²) in [5, 5.41) is 4.03. The molecule has 2 aromatic carbocycles. The van der Waals surface area contributed by atoms with Crippen molar-refractivity contribution in [2.45, 2.75) is 6.61 Å². The second-order valence-electron chi connectivity index (χ2n) is 4.54. The van der Waals surface area contributed by atoms with Gasteiger partial charge in [0.1, 0.15) is 6.61 Å². The average molecular weight is 394 g/mol. The van der Waals surface area contributed by atoms with Crippen molar-refractivity contribution < 1.29 is 9.47 Å². The molecule has 2 aromatic rings.